The molecule has 0 radical (unpaired) electrons. The molecule has 2 heterocycles. The zero-order chi connectivity index (χ0) is 15.5. The molecule has 3 rings (SSSR count). The molecular weight excluding hydrogens is 302 g/mol. The van der Waals surface area contributed by atoms with E-state index in [1.165, 1.54) is 0 Å². The minimum atomic E-state index is -0.00780. The molecular formula is C16H18ClN3O2. The molecule has 1 aromatic heterocycles. The average molecular weight is 320 g/mol. The molecule has 5 nitrogen and oxygen atoms in total. The summed E-state index contributed by atoms with van der Waals surface area (Å²) in [4.78, 5) is 19.4. The number of piperazine rings is 1. The normalized spacial score (nSPS) is 15.0. The van der Waals surface area contributed by atoms with Crippen LogP contribution in [0.4, 0.5) is 5.69 Å². The van der Waals surface area contributed by atoms with Gasteiger partial charge in [-0.05, 0) is 18.2 Å². The third-order valence-electron chi connectivity index (χ3n) is 3.87. The Kier molecular flexibility index (Phi) is 4.24. The lowest BCUT2D eigenvalue weighted by Crippen LogP contribution is -2.49. The Morgan fingerprint density at radius 3 is 2.59 bits per heavy atom. The zero-order valence-electron chi connectivity index (χ0n) is 12.4. The van der Waals surface area contributed by atoms with Gasteiger partial charge in [0.05, 0.1) is 17.8 Å². The highest BCUT2D eigenvalue weighted by Gasteiger charge is 2.24. The van der Waals surface area contributed by atoms with Gasteiger partial charge in [-0.3, -0.25) is 4.79 Å². The molecule has 116 valence electrons. The number of methoxy groups -OCH3 is 1. The Labute approximate surface area is 134 Å². The number of carbonyl (C=O) groups excluding carboxylic acids is 1. The number of anilines is 1. The highest BCUT2D eigenvalue weighted by atomic mass is 35.5. The Morgan fingerprint density at radius 1 is 1.23 bits per heavy atom. The number of ether oxygens (including phenoxy) is 1. The summed E-state index contributed by atoms with van der Waals surface area (Å²) >= 11 is 5.86. The fourth-order valence-electron chi connectivity index (χ4n) is 2.70. The number of hydrogen-bond donors (Lipinski definition) is 1. The molecule has 22 heavy (non-hydrogen) atoms. The third kappa shape index (κ3) is 2.90. The van der Waals surface area contributed by atoms with Crippen molar-refractivity contribution in [3.63, 3.8) is 0 Å². The van der Waals surface area contributed by atoms with Crippen molar-refractivity contribution in [3.05, 3.63) is 47.2 Å². The van der Waals surface area contributed by atoms with E-state index in [-0.39, 0.29) is 5.91 Å². The summed E-state index contributed by atoms with van der Waals surface area (Å²) in [6, 6.07) is 9.61. The number of benzene rings is 1. The molecule has 1 N–H and O–H groups in total. The Balaban J connectivity index is 1.66. The van der Waals surface area contributed by atoms with Crippen LogP contribution in [0.3, 0.4) is 0 Å². The number of H-pyrrole nitrogens is 1. The number of nitrogens with one attached hydrogen (secondary N) is 1. The highest BCUT2D eigenvalue weighted by molar-refractivity contribution is 6.30. The third-order valence-corrected chi connectivity index (χ3v) is 4.09. The lowest BCUT2D eigenvalue weighted by Gasteiger charge is -2.36. The van der Waals surface area contributed by atoms with Crippen LogP contribution in [0.15, 0.2) is 36.5 Å². The van der Waals surface area contributed by atoms with E-state index in [2.05, 4.69) is 9.88 Å². The summed E-state index contributed by atoms with van der Waals surface area (Å²) in [5.41, 5.74) is 1.61. The highest BCUT2D eigenvalue weighted by Crippen LogP contribution is 2.28. The molecule has 1 fully saturated rings. The maximum atomic E-state index is 12.4. The van der Waals surface area contributed by atoms with E-state index in [1.54, 1.807) is 19.4 Å². The van der Waals surface area contributed by atoms with Crippen LogP contribution in [0.5, 0.6) is 5.75 Å². The first-order valence-electron chi connectivity index (χ1n) is 7.20. The van der Waals surface area contributed by atoms with E-state index in [4.69, 9.17) is 16.3 Å². The number of para-hydroxylation sites is 2. The van der Waals surface area contributed by atoms with E-state index in [0.717, 1.165) is 24.5 Å². The fourth-order valence-corrected chi connectivity index (χ4v) is 2.87. The Hall–Kier alpha value is -2.14. The number of hydrogen-bond acceptors (Lipinski definition) is 3. The van der Waals surface area contributed by atoms with Crippen LogP contribution in [0.25, 0.3) is 0 Å². The second-order valence-corrected chi connectivity index (χ2v) is 5.62. The maximum Gasteiger partial charge on any atom is 0.270 e. The summed E-state index contributed by atoms with van der Waals surface area (Å²) in [7, 11) is 1.67. The van der Waals surface area contributed by atoms with Crippen LogP contribution in [0.1, 0.15) is 10.5 Å². The summed E-state index contributed by atoms with van der Waals surface area (Å²) in [5.74, 6) is 0.852. The summed E-state index contributed by atoms with van der Waals surface area (Å²) in [5, 5.41) is 0.552. The standard InChI is InChI=1S/C16H18ClN3O2/c1-22-15-5-3-2-4-14(15)19-6-8-20(9-7-19)16(21)13-10-12(17)11-18-13/h2-5,10-11,18H,6-9H2,1H3. The summed E-state index contributed by atoms with van der Waals surface area (Å²) < 4.78 is 5.40. The van der Waals surface area contributed by atoms with Crippen molar-refractivity contribution in [3.8, 4) is 5.75 Å². The van der Waals surface area contributed by atoms with Gasteiger partial charge in [0.25, 0.3) is 5.91 Å². The summed E-state index contributed by atoms with van der Waals surface area (Å²) in [6.07, 6.45) is 1.62. The predicted molar refractivity (Wildman–Crippen MR) is 86.9 cm³/mol. The molecule has 1 saturated heterocycles. The average Bonchev–Trinajstić information content (AvgIpc) is 3.01. The first kappa shape index (κ1) is 14.8. The van der Waals surface area contributed by atoms with E-state index in [9.17, 15) is 4.79 Å². The van der Waals surface area contributed by atoms with Crippen LogP contribution < -0.4 is 9.64 Å². The van der Waals surface area contributed by atoms with Crippen molar-refractivity contribution in [2.24, 2.45) is 0 Å². The monoisotopic (exact) mass is 319 g/mol. The number of aromatic amines is 1. The minimum Gasteiger partial charge on any atom is -0.495 e. The van der Waals surface area contributed by atoms with Crippen LogP contribution >= 0.6 is 11.6 Å². The van der Waals surface area contributed by atoms with E-state index in [1.807, 2.05) is 29.2 Å². The molecule has 0 bridgehead atoms. The Bertz CT molecular complexity index is 663. The Morgan fingerprint density at radius 2 is 1.95 bits per heavy atom. The molecule has 0 atom stereocenters. The van der Waals surface area contributed by atoms with Gasteiger partial charge in [0.15, 0.2) is 0 Å². The maximum absolute atomic E-state index is 12.4. The molecule has 0 spiro atoms. The molecule has 1 aliphatic rings. The van der Waals surface area contributed by atoms with Crippen LogP contribution in [-0.2, 0) is 0 Å². The SMILES string of the molecule is COc1ccccc1N1CCN(C(=O)c2cc(Cl)c[nH]2)CC1. The summed E-state index contributed by atoms with van der Waals surface area (Å²) in [6.45, 7) is 2.90. The van der Waals surface area contributed by atoms with Gasteiger partial charge in [0.1, 0.15) is 11.4 Å². The molecule has 0 aliphatic carbocycles. The zero-order valence-corrected chi connectivity index (χ0v) is 13.1. The number of aromatic nitrogens is 1. The molecule has 1 amide bonds. The number of halogens is 1. The molecule has 6 heteroatoms. The van der Waals surface area contributed by atoms with Crippen molar-refractivity contribution < 1.29 is 9.53 Å². The van der Waals surface area contributed by atoms with Crippen molar-refractivity contribution >= 4 is 23.2 Å². The molecule has 0 unspecified atom stereocenters. The topological polar surface area (TPSA) is 48.6 Å². The number of amides is 1. The van der Waals surface area contributed by atoms with Gasteiger partial charge in [0, 0.05) is 32.4 Å². The fraction of sp³-hybridized carbons (Fsp3) is 0.312. The minimum absolute atomic E-state index is 0.00780. The number of rotatable bonds is 3. The first-order chi connectivity index (χ1) is 10.7. The van der Waals surface area contributed by atoms with Gasteiger partial charge >= 0.3 is 0 Å². The quantitative estimate of drug-likeness (QED) is 0.946. The second kappa shape index (κ2) is 6.32. The molecule has 2 aromatic rings. The van der Waals surface area contributed by atoms with Gasteiger partial charge in [-0.25, -0.2) is 0 Å². The van der Waals surface area contributed by atoms with E-state index in [0.29, 0.717) is 23.8 Å². The van der Waals surface area contributed by atoms with Crippen LogP contribution in [0.2, 0.25) is 5.02 Å². The molecule has 1 aromatic carbocycles. The van der Waals surface area contributed by atoms with Gasteiger partial charge in [-0.2, -0.15) is 0 Å². The lowest BCUT2D eigenvalue weighted by atomic mass is 10.2. The van der Waals surface area contributed by atoms with Crippen molar-refractivity contribution in [1.29, 1.82) is 0 Å². The molecule has 1 aliphatic heterocycles. The van der Waals surface area contributed by atoms with Gasteiger partial charge in [-0.15, -0.1) is 0 Å². The van der Waals surface area contributed by atoms with Crippen LogP contribution in [-0.4, -0.2) is 49.1 Å². The molecule has 0 saturated carbocycles. The van der Waals surface area contributed by atoms with E-state index >= 15 is 0 Å². The number of nitrogens with zero attached hydrogens (tertiary/aromatic N) is 2. The lowest BCUT2D eigenvalue weighted by molar-refractivity contribution is 0.0741. The van der Waals surface area contributed by atoms with E-state index < -0.39 is 0 Å². The second-order valence-electron chi connectivity index (χ2n) is 5.18. The van der Waals surface area contributed by atoms with Crippen LogP contribution in [0, 0.1) is 0 Å². The van der Waals surface area contributed by atoms with Gasteiger partial charge in [0.2, 0.25) is 0 Å². The smallest absolute Gasteiger partial charge is 0.270 e. The number of carbonyl (C=O) groups is 1. The van der Waals surface area contributed by atoms with Gasteiger partial charge < -0.3 is 19.5 Å². The van der Waals surface area contributed by atoms with Crippen molar-refractivity contribution in [1.82, 2.24) is 9.88 Å². The first-order valence-corrected chi connectivity index (χ1v) is 7.58. The van der Waals surface area contributed by atoms with Crippen molar-refractivity contribution in [2.45, 2.75) is 0 Å². The van der Waals surface area contributed by atoms with Crippen molar-refractivity contribution in [2.75, 3.05) is 38.2 Å². The largest absolute Gasteiger partial charge is 0.495 e. The van der Waals surface area contributed by atoms with Gasteiger partial charge in [-0.1, -0.05) is 23.7 Å². The predicted octanol–water partition coefficient (Wildman–Crippen LogP) is 2.64.